The lowest BCUT2D eigenvalue weighted by atomic mass is 10.1. The Kier molecular flexibility index (Phi) is 19.8. The van der Waals surface area contributed by atoms with Gasteiger partial charge < -0.3 is 4.74 Å². The van der Waals surface area contributed by atoms with Crippen molar-refractivity contribution in [2.45, 2.75) is 116 Å². The summed E-state index contributed by atoms with van der Waals surface area (Å²) in [7, 11) is 0. The highest BCUT2D eigenvalue weighted by atomic mass is 17.1. The van der Waals surface area contributed by atoms with Crippen LogP contribution in [0, 0.1) is 0 Å². The van der Waals surface area contributed by atoms with Crippen LogP contribution in [0.2, 0.25) is 0 Å². The maximum Gasteiger partial charge on any atom is 0.338 e. The molecule has 0 aliphatic carbocycles. The number of hydrogen-bond acceptors (Lipinski definition) is 4. The molecule has 0 saturated heterocycles. The monoisotopic (exact) mass is 370 g/mol. The largest absolute Gasteiger partial charge is 0.464 e. The average Bonchev–Trinajstić information content (AvgIpc) is 2.65. The van der Waals surface area contributed by atoms with E-state index in [1.807, 2.05) is 6.92 Å². The van der Waals surface area contributed by atoms with Gasteiger partial charge in [0.05, 0.1) is 6.61 Å². The third-order valence-corrected chi connectivity index (χ3v) is 4.61. The molecule has 0 amide bonds. The highest BCUT2D eigenvalue weighted by Crippen LogP contribution is 2.12. The Hall–Kier alpha value is -0.870. The molecule has 26 heavy (non-hydrogen) atoms. The molecule has 0 rings (SSSR count). The van der Waals surface area contributed by atoms with E-state index >= 15 is 0 Å². The van der Waals surface area contributed by atoms with Crippen LogP contribution < -0.4 is 0 Å². The number of esters is 1. The van der Waals surface area contributed by atoms with Gasteiger partial charge in [-0.2, -0.15) is 0 Å². The van der Waals surface area contributed by atoms with E-state index in [1.165, 1.54) is 51.4 Å². The molecule has 154 valence electrons. The fourth-order valence-corrected chi connectivity index (χ4v) is 2.85. The molecule has 0 fully saturated rings. The van der Waals surface area contributed by atoms with E-state index in [-0.39, 0.29) is 0 Å². The zero-order valence-corrected chi connectivity index (χ0v) is 17.2. The summed E-state index contributed by atoms with van der Waals surface area (Å²) in [6.45, 7) is 4.70. The Balaban J connectivity index is 3.45. The lowest BCUT2D eigenvalue weighted by molar-refractivity contribution is -0.279. The molecule has 0 aromatic rings. The first-order valence-corrected chi connectivity index (χ1v) is 10.9. The molecule has 4 nitrogen and oxygen atoms in total. The first-order valence-electron chi connectivity index (χ1n) is 10.9. The number of carbonyl (C=O) groups is 1. The van der Waals surface area contributed by atoms with E-state index < -0.39 is 12.1 Å². The standard InChI is InChI=1S/C22H42O4/c1-3-5-7-8-9-10-11-12-13-14-15-16-17-18-19-21(26-24)22(23)25-20-6-4-2/h12-13,21,24H,3-11,14-20H2,1-2H3. The van der Waals surface area contributed by atoms with Gasteiger partial charge in [0.1, 0.15) is 0 Å². The lowest BCUT2D eigenvalue weighted by Gasteiger charge is -2.12. The summed E-state index contributed by atoms with van der Waals surface area (Å²) in [5.74, 6) is -0.446. The molecule has 1 atom stereocenters. The second kappa shape index (κ2) is 20.4. The average molecular weight is 371 g/mol. The van der Waals surface area contributed by atoms with Crippen LogP contribution in [0.15, 0.2) is 12.2 Å². The van der Waals surface area contributed by atoms with E-state index in [2.05, 4.69) is 24.0 Å². The highest BCUT2D eigenvalue weighted by molar-refractivity contribution is 5.74. The van der Waals surface area contributed by atoms with Gasteiger partial charge in [0.25, 0.3) is 0 Å². The quantitative estimate of drug-likeness (QED) is 0.0889. The van der Waals surface area contributed by atoms with E-state index in [4.69, 9.17) is 9.99 Å². The second-order valence-electron chi connectivity index (χ2n) is 7.13. The minimum absolute atomic E-state index is 0.403. The molecular weight excluding hydrogens is 328 g/mol. The second-order valence-corrected chi connectivity index (χ2v) is 7.13. The fraction of sp³-hybridized carbons (Fsp3) is 0.864. The SMILES string of the molecule is CCCCCCCCC=CCCCCCCC(OO)C(=O)OCCCC. The summed E-state index contributed by atoms with van der Waals surface area (Å²) in [5, 5.41) is 8.85. The van der Waals surface area contributed by atoms with Crippen LogP contribution in [0.3, 0.4) is 0 Å². The van der Waals surface area contributed by atoms with Crippen LogP contribution in [0.4, 0.5) is 0 Å². The Labute approximate surface area is 161 Å². The van der Waals surface area contributed by atoms with E-state index in [1.54, 1.807) is 0 Å². The molecule has 0 heterocycles. The van der Waals surface area contributed by atoms with Gasteiger partial charge in [0.15, 0.2) is 6.10 Å². The first kappa shape index (κ1) is 25.1. The number of hydrogen-bond donors (Lipinski definition) is 1. The topological polar surface area (TPSA) is 55.8 Å². The Morgan fingerprint density at radius 1 is 0.808 bits per heavy atom. The zero-order chi connectivity index (χ0) is 19.3. The molecule has 0 radical (unpaired) electrons. The number of rotatable bonds is 19. The molecule has 1 N–H and O–H groups in total. The summed E-state index contributed by atoms with van der Waals surface area (Å²) in [5.41, 5.74) is 0. The normalized spacial score (nSPS) is 12.6. The summed E-state index contributed by atoms with van der Waals surface area (Å²) >= 11 is 0. The van der Waals surface area contributed by atoms with Gasteiger partial charge in [-0.15, -0.1) is 0 Å². The summed E-state index contributed by atoms with van der Waals surface area (Å²) in [6.07, 6.45) is 20.9. The van der Waals surface area contributed by atoms with Gasteiger partial charge >= 0.3 is 5.97 Å². The molecule has 0 saturated carbocycles. The van der Waals surface area contributed by atoms with Crippen molar-refractivity contribution in [1.82, 2.24) is 0 Å². The Bertz CT molecular complexity index is 328. The van der Waals surface area contributed by atoms with Crippen molar-refractivity contribution >= 4 is 5.97 Å². The minimum atomic E-state index is -0.830. The molecule has 0 aromatic carbocycles. The third kappa shape index (κ3) is 16.6. The van der Waals surface area contributed by atoms with E-state index in [0.717, 1.165) is 38.5 Å². The van der Waals surface area contributed by atoms with Crippen LogP contribution in [0.1, 0.15) is 110 Å². The molecule has 0 aromatic heterocycles. The van der Waals surface area contributed by atoms with Crippen molar-refractivity contribution in [2.75, 3.05) is 6.61 Å². The number of unbranched alkanes of at least 4 members (excludes halogenated alkanes) is 11. The van der Waals surface area contributed by atoms with Crippen LogP contribution >= 0.6 is 0 Å². The summed E-state index contributed by atoms with van der Waals surface area (Å²) < 4.78 is 5.07. The molecule has 1 unspecified atom stereocenters. The van der Waals surface area contributed by atoms with Crippen LogP contribution in [0.5, 0.6) is 0 Å². The molecule has 0 spiro atoms. The highest BCUT2D eigenvalue weighted by Gasteiger charge is 2.20. The zero-order valence-electron chi connectivity index (χ0n) is 17.2. The Morgan fingerprint density at radius 2 is 1.35 bits per heavy atom. The van der Waals surface area contributed by atoms with Crippen molar-refractivity contribution in [3.8, 4) is 0 Å². The van der Waals surface area contributed by atoms with Gasteiger partial charge in [0.2, 0.25) is 0 Å². The molecule has 0 aliphatic rings. The van der Waals surface area contributed by atoms with Gasteiger partial charge in [-0.1, -0.05) is 83.8 Å². The molecule has 4 heteroatoms. The lowest BCUT2D eigenvalue weighted by Crippen LogP contribution is -2.26. The summed E-state index contributed by atoms with van der Waals surface area (Å²) in [6, 6.07) is 0. The molecular formula is C22H42O4. The third-order valence-electron chi connectivity index (χ3n) is 4.61. The number of carbonyl (C=O) groups excluding carboxylic acids is 1. The van der Waals surface area contributed by atoms with E-state index in [0.29, 0.717) is 13.0 Å². The maximum atomic E-state index is 11.7. The fourth-order valence-electron chi connectivity index (χ4n) is 2.85. The van der Waals surface area contributed by atoms with Crippen molar-refractivity contribution in [3.63, 3.8) is 0 Å². The van der Waals surface area contributed by atoms with Gasteiger partial charge in [0, 0.05) is 0 Å². The van der Waals surface area contributed by atoms with E-state index in [9.17, 15) is 4.79 Å². The van der Waals surface area contributed by atoms with Gasteiger partial charge in [-0.05, 0) is 38.5 Å². The molecule has 0 aliphatic heterocycles. The van der Waals surface area contributed by atoms with Crippen molar-refractivity contribution < 1.29 is 19.7 Å². The number of ether oxygens (including phenoxy) is 1. The smallest absolute Gasteiger partial charge is 0.338 e. The predicted octanol–water partition coefficient (Wildman–Crippen LogP) is 6.84. The van der Waals surface area contributed by atoms with Gasteiger partial charge in [-0.3, -0.25) is 5.26 Å². The minimum Gasteiger partial charge on any atom is -0.464 e. The molecule has 0 bridgehead atoms. The number of allylic oxidation sites excluding steroid dienone is 2. The first-order chi connectivity index (χ1) is 12.8. The predicted molar refractivity (Wildman–Crippen MR) is 108 cm³/mol. The van der Waals surface area contributed by atoms with Crippen LogP contribution in [-0.2, 0) is 14.4 Å². The van der Waals surface area contributed by atoms with Crippen molar-refractivity contribution in [3.05, 3.63) is 12.2 Å². The van der Waals surface area contributed by atoms with Crippen molar-refractivity contribution in [1.29, 1.82) is 0 Å². The van der Waals surface area contributed by atoms with Crippen molar-refractivity contribution in [2.24, 2.45) is 0 Å². The van der Waals surface area contributed by atoms with Crippen LogP contribution in [0.25, 0.3) is 0 Å². The maximum absolute atomic E-state index is 11.7. The Morgan fingerprint density at radius 3 is 1.92 bits per heavy atom. The van der Waals surface area contributed by atoms with Crippen LogP contribution in [-0.4, -0.2) is 23.9 Å². The summed E-state index contributed by atoms with van der Waals surface area (Å²) in [4.78, 5) is 16.0. The van der Waals surface area contributed by atoms with Gasteiger partial charge in [-0.25, -0.2) is 9.68 Å².